The van der Waals surface area contributed by atoms with Gasteiger partial charge in [0.05, 0.1) is 5.69 Å². The second-order valence-electron chi connectivity index (χ2n) is 3.65. The second kappa shape index (κ2) is 5.06. The van der Waals surface area contributed by atoms with Crippen molar-refractivity contribution in [2.45, 2.75) is 0 Å². The van der Waals surface area contributed by atoms with Crippen LogP contribution in [0.4, 0.5) is 5.82 Å². The van der Waals surface area contributed by atoms with E-state index in [2.05, 4.69) is 10.3 Å². The molecule has 0 radical (unpaired) electrons. The van der Waals surface area contributed by atoms with Gasteiger partial charge in [0, 0.05) is 17.6 Å². The van der Waals surface area contributed by atoms with Gasteiger partial charge in [0.15, 0.2) is 0 Å². The number of rotatable bonds is 3. The molecule has 0 aliphatic heterocycles. The van der Waals surface area contributed by atoms with E-state index in [0.717, 1.165) is 5.56 Å². The van der Waals surface area contributed by atoms with Gasteiger partial charge in [-0.3, -0.25) is 0 Å². The summed E-state index contributed by atoms with van der Waals surface area (Å²) in [6.45, 7) is 0. The van der Waals surface area contributed by atoms with Crippen LogP contribution in [0.2, 0.25) is 5.02 Å². The Morgan fingerprint density at radius 3 is 2.44 bits per heavy atom. The number of hydrogen-bond donors (Lipinski definition) is 2. The first-order valence-corrected chi connectivity index (χ1v) is 5.67. The Hall–Kier alpha value is -2.07. The number of halogens is 1. The Kier molecular flexibility index (Phi) is 3.48. The molecule has 0 amide bonds. The number of nitrogens with one attached hydrogen (secondary N) is 1. The molecule has 0 saturated carbocycles. The molecule has 0 bridgehead atoms. The van der Waals surface area contributed by atoms with Crippen LogP contribution in [-0.4, -0.2) is 23.1 Å². The minimum Gasteiger partial charge on any atom is -0.478 e. The molecule has 2 aromatic rings. The minimum absolute atomic E-state index is 0.148. The van der Waals surface area contributed by atoms with E-state index in [1.807, 2.05) is 12.1 Å². The van der Waals surface area contributed by atoms with Gasteiger partial charge < -0.3 is 10.4 Å². The predicted molar refractivity (Wildman–Crippen MR) is 71.2 cm³/mol. The first kappa shape index (κ1) is 12.4. The molecule has 0 atom stereocenters. The summed E-state index contributed by atoms with van der Waals surface area (Å²) < 4.78 is 0. The summed E-state index contributed by atoms with van der Waals surface area (Å²) in [5, 5.41) is 12.4. The van der Waals surface area contributed by atoms with Crippen LogP contribution in [-0.2, 0) is 0 Å². The molecule has 4 nitrogen and oxygen atoms in total. The Morgan fingerprint density at radius 1 is 1.22 bits per heavy atom. The van der Waals surface area contributed by atoms with Crippen molar-refractivity contribution in [3.8, 4) is 11.3 Å². The van der Waals surface area contributed by atoms with Crippen LogP contribution < -0.4 is 5.32 Å². The maximum absolute atomic E-state index is 11.0. The van der Waals surface area contributed by atoms with Crippen molar-refractivity contribution in [2.75, 3.05) is 12.4 Å². The lowest BCUT2D eigenvalue weighted by molar-refractivity contribution is 0.0697. The maximum Gasteiger partial charge on any atom is 0.339 e. The zero-order valence-corrected chi connectivity index (χ0v) is 10.4. The molecular formula is C13H11ClN2O2. The number of aromatic carboxylic acids is 1. The molecule has 2 rings (SSSR count). The molecule has 92 valence electrons. The SMILES string of the molecule is CNc1nc(-c2ccc(Cl)cc2)ccc1C(=O)O. The highest BCUT2D eigenvalue weighted by molar-refractivity contribution is 6.30. The highest BCUT2D eigenvalue weighted by Crippen LogP contribution is 2.23. The van der Waals surface area contributed by atoms with E-state index < -0.39 is 5.97 Å². The molecule has 0 fully saturated rings. The number of hydrogen-bond acceptors (Lipinski definition) is 3. The molecule has 2 N–H and O–H groups in total. The van der Waals surface area contributed by atoms with Crippen LogP contribution in [0.3, 0.4) is 0 Å². The van der Waals surface area contributed by atoms with E-state index in [1.54, 1.807) is 25.2 Å². The molecule has 0 saturated heterocycles. The zero-order chi connectivity index (χ0) is 13.1. The first-order valence-electron chi connectivity index (χ1n) is 5.30. The third-order valence-electron chi connectivity index (χ3n) is 2.50. The summed E-state index contributed by atoms with van der Waals surface area (Å²) in [6.07, 6.45) is 0. The molecule has 1 aromatic carbocycles. The first-order chi connectivity index (χ1) is 8.61. The number of carboxylic acid groups (broad SMARTS) is 1. The molecule has 0 spiro atoms. The van der Waals surface area contributed by atoms with Crippen molar-refractivity contribution in [1.82, 2.24) is 4.98 Å². The summed E-state index contributed by atoms with van der Waals surface area (Å²) in [6, 6.07) is 10.4. The average molecular weight is 263 g/mol. The van der Waals surface area contributed by atoms with E-state index in [0.29, 0.717) is 16.5 Å². The Morgan fingerprint density at radius 2 is 1.89 bits per heavy atom. The van der Waals surface area contributed by atoms with Crippen LogP contribution in [0, 0.1) is 0 Å². The molecule has 0 aliphatic rings. The van der Waals surface area contributed by atoms with Crippen LogP contribution in [0.15, 0.2) is 36.4 Å². The van der Waals surface area contributed by atoms with Gasteiger partial charge in [0.2, 0.25) is 0 Å². The number of benzene rings is 1. The standard InChI is InChI=1S/C13H11ClN2O2/c1-15-12-10(13(17)18)6-7-11(16-12)8-2-4-9(14)5-3-8/h2-7H,1H3,(H,15,16)(H,17,18). The predicted octanol–water partition coefficient (Wildman–Crippen LogP) is 3.14. The number of pyridine rings is 1. The van der Waals surface area contributed by atoms with E-state index in [-0.39, 0.29) is 5.56 Å². The van der Waals surface area contributed by atoms with Crippen molar-refractivity contribution in [3.63, 3.8) is 0 Å². The Labute approximate surface area is 109 Å². The largest absolute Gasteiger partial charge is 0.478 e. The van der Waals surface area contributed by atoms with Crippen molar-refractivity contribution in [1.29, 1.82) is 0 Å². The summed E-state index contributed by atoms with van der Waals surface area (Å²) in [5.74, 6) is -0.663. The van der Waals surface area contributed by atoms with Crippen molar-refractivity contribution in [2.24, 2.45) is 0 Å². The molecule has 0 aliphatic carbocycles. The van der Waals surface area contributed by atoms with E-state index in [1.165, 1.54) is 6.07 Å². The van der Waals surface area contributed by atoms with Crippen molar-refractivity contribution >= 4 is 23.4 Å². The summed E-state index contributed by atoms with van der Waals surface area (Å²) in [4.78, 5) is 15.3. The van der Waals surface area contributed by atoms with Crippen molar-refractivity contribution < 1.29 is 9.90 Å². The van der Waals surface area contributed by atoms with Crippen LogP contribution in [0.1, 0.15) is 10.4 Å². The van der Waals surface area contributed by atoms with Gasteiger partial charge >= 0.3 is 5.97 Å². The fourth-order valence-electron chi connectivity index (χ4n) is 1.60. The van der Waals surface area contributed by atoms with Gasteiger partial charge in [0.1, 0.15) is 11.4 Å². The smallest absolute Gasteiger partial charge is 0.339 e. The van der Waals surface area contributed by atoms with Gasteiger partial charge in [0.25, 0.3) is 0 Å². The highest BCUT2D eigenvalue weighted by Gasteiger charge is 2.11. The second-order valence-corrected chi connectivity index (χ2v) is 4.09. The molecular weight excluding hydrogens is 252 g/mol. The van der Waals surface area contributed by atoms with Crippen LogP contribution >= 0.6 is 11.6 Å². The Balaban J connectivity index is 2.47. The number of nitrogens with zero attached hydrogens (tertiary/aromatic N) is 1. The normalized spacial score (nSPS) is 10.1. The van der Waals surface area contributed by atoms with Gasteiger partial charge in [-0.05, 0) is 24.3 Å². The van der Waals surface area contributed by atoms with Crippen LogP contribution in [0.5, 0.6) is 0 Å². The van der Waals surface area contributed by atoms with E-state index >= 15 is 0 Å². The minimum atomic E-state index is -1.01. The van der Waals surface area contributed by atoms with E-state index in [9.17, 15) is 4.79 Å². The average Bonchev–Trinajstić information content (AvgIpc) is 2.38. The lowest BCUT2D eigenvalue weighted by Crippen LogP contribution is -2.05. The van der Waals surface area contributed by atoms with Gasteiger partial charge in [-0.1, -0.05) is 23.7 Å². The van der Waals surface area contributed by atoms with E-state index in [4.69, 9.17) is 16.7 Å². The fraction of sp³-hybridized carbons (Fsp3) is 0.0769. The highest BCUT2D eigenvalue weighted by atomic mass is 35.5. The Bertz CT molecular complexity index is 582. The topological polar surface area (TPSA) is 62.2 Å². The summed E-state index contributed by atoms with van der Waals surface area (Å²) in [7, 11) is 1.64. The molecule has 0 unspecified atom stereocenters. The number of aromatic nitrogens is 1. The fourth-order valence-corrected chi connectivity index (χ4v) is 1.73. The monoisotopic (exact) mass is 262 g/mol. The quantitative estimate of drug-likeness (QED) is 0.892. The zero-order valence-electron chi connectivity index (χ0n) is 9.64. The molecule has 1 heterocycles. The van der Waals surface area contributed by atoms with Crippen molar-refractivity contribution in [3.05, 3.63) is 47.0 Å². The number of anilines is 1. The third kappa shape index (κ3) is 2.43. The summed E-state index contributed by atoms with van der Waals surface area (Å²) in [5.41, 5.74) is 1.73. The number of carboxylic acids is 1. The molecule has 18 heavy (non-hydrogen) atoms. The molecule has 1 aromatic heterocycles. The third-order valence-corrected chi connectivity index (χ3v) is 2.75. The van der Waals surface area contributed by atoms with Crippen LogP contribution in [0.25, 0.3) is 11.3 Å². The van der Waals surface area contributed by atoms with Gasteiger partial charge in [-0.15, -0.1) is 0 Å². The molecule has 5 heteroatoms. The number of carbonyl (C=O) groups is 1. The van der Waals surface area contributed by atoms with Gasteiger partial charge in [-0.2, -0.15) is 0 Å². The lowest BCUT2D eigenvalue weighted by Gasteiger charge is -2.07. The van der Waals surface area contributed by atoms with Gasteiger partial charge in [-0.25, -0.2) is 9.78 Å². The lowest BCUT2D eigenvalue weighted by atomic mass is 10.1. The summed E-state index contributed by atoms with van der Waals surface area (Å²) >= 11 is 5.81. The maximum atomic E-state index is 11.0.